The van der Waals surface area contributed by atoms with Crippen molar-refractivity contribution >= 4 is 17.5 Å². The van der Waals surface area contributed by atoms with E-state index in [1.165, 1.54) is 6.07 Å². The SMILES string of the molecule is O=C(NCc1ccccc1)N(c1ccccc1)C1CCC(Nc2ccc(C(F)(F)F)cn2)CC1. The van der Waals surface area contributed by atoms with Crippen LogP contribution >= 0.6 is 0 Å². The van der Waals surface area contributed by atoms with Crippen LogP contribution in [-0.2, 0) is 12.7 Å². The van der Waals surface area contributed by atoms with E-state index >= 15 is 0 Å². The molecule has 8 heteroatoms. The van der Waals surface area contributed by atoms with Crippen LogP contribution in [0.25, 0.3) is 0 Å². The van der Waals surface area contributed by atoms with E-state index in [-0.39, 0.29) is 18.1 Å². The van der Waals surface area contributed by atoms with Crippen molar-refractivity contribution < 1.29 is 18.0 Å². The first-order chi connectivity index (χ1) is 16.4. The highest BCUT2D eigenvalue weighted by Gasteiger charge is 2.32. The summed E-state index contributed by atoms with van der Waals surface area (Å²) in [5, 5.41) is 6.27. The molecule has 1 aliphatic carbocycles. The van der Waals surface area contributed by atoms with Gasteiger partial charge in [-0.3, -0.25) is 4.90 Å². The lowest BCUT2D eigenvalue weighted by Gasteiger charge is -2.37. The average Bonchev–Trinajstić information content (AvgIpc) is 2.85. The van der Waals surface area contributed by atoms with Crippen molar-refractivity contribution in [2.45, 2.75) is 50.5 Å². The second-order valence-corrected chi connectivity index (χ2v) is 8.43. The lowest BCUT2D eigenvalue weighted by Crippen LogP contribution is -2.48. The van der Waals surface area contributed by atoms with Crippen LogP contribution in [0.5, 0.6) is 0 Å². The molecule has 0 bridgehead atoms. The highest BCUT2D eigenvalue weighted by molar-refractivity contribution is 5.92. The molecule has 4 rings (SSSR count). The number of anilines is 2. The molecule has 2 aromatic carbocycles. The van der Waals surface area contributed by atoms with Crippen LogP contribution in [0.2, 0.25) is 0 Å². The summed E-state index contributed by atoms with van der Waals surface area (Å²) >= 11 is 0. The van der Waals surface area contributed by atoms with Crippen LogP contribution in [0.3, 0.4) is 0 Å². The Kier molecular flexibility index (Phi) is 7.35. The smallest absolute Gasteiger partial charge is 0.367 e. The molecule has 34 heavy (non-hydrogen) atoms. The molecule has 5 nitrogen and oxygen atoms in total. The number of amides is 2. The maximum Gasteiger partial charge on any atom is 0.417 e. The number of benzene rings is 2. The number of aromatic nitrogens is 1. The van der Waals surface area contributed by atoms with E-state index in [2.05, 4.69) is 15.6 Å². The minimum atomic E-state index is -4.40. The molecule has 0 atom stereocenters. The quantitative estimate of drug-likeness (QED) is 0.450. The van der Waals surface area contributed by atoms with Crippen molar-refractivity contribution in [1.29, 1.82) is 0 Å². The molecule has 178 valence electrons. The third-order valence-electron chi connectivity index (χ3n) is 6.04. The summed E-state index contributed by atoms with van der Waals surface area (Å²) in [5.74, 6) is 0.428. The monoisotopic (exact) mass is 468 g/mol. The highest BCUT2D eigenvalue weighted by Crippen LogP contribution is 2.31. The molecule has 2 N–H and O–H groups in total. The Bertz CT molecular complexity index is 1050. The van der Waals surface area contributed by atoms with Gasteiger partial charge >= 0.3 is 12.2 Å². The number of carbonyl (C=O) groups excluding carboxylic acids is 1. The van der Waals surface area contributed by atoms with Gasteiger partial charge in [-0.15, -0.1) is 0 Å². The van der Waals surface area contributed by atoms with Gasteiger partial charge in [-0.05, 0) is 55.5 Å². The summed E-state index contributed by atoms with van der Waals surface area (Å²) < 4.78 is 38.3. The van der Waals surface area contributed by atoms with Gasteiger partial charge in [0.25, 0.3) is 0 Å². The van der Waals surface area contributed by atoms with Crippen molar-refractivity contribution in [2.75, 3.05) is 10.2 Å². The minimum Gasteiger partial charge on any atom is -0.367 e. The molecule has 0 unspecified atom stereocenters. The molecule has 3 aromatic rings. The Hall–Kier alpha value is -3.55. The van der Waals surface area contributed by atoms with Gasteiger partial charge in [0.15, 0.2) is 0 Å². The number of alkyl halides is 3. The number of nitrogens with zero attached hydrogens (tertiary/aromatic N) is 2. The molecule has 0 aliphatic heterocycles. The van der Waals surface area contributed by atoms with Gasteiger partial charge < -0.3 is 10.6 Å². The highest BCUT2D eigenvalue weighted by atomic mass is 19.4. The van der Waals surface area contributed by atoms with Gasteiger partial charge in [0, 0.05) is 30.5 Å². The van der Waals surface area contributed by atoms with Gasteiger partial charge in [0.2, 0.25) is 0 Å². The second kappa shape index (κ2) is 10.6. The summed E-state index contributed by atoms with van der Waals surface area (Å²) in [4.78, 5) is 18.9. The van der Waals surface area contributed by atoms with Gasteiger partial charge in [0.05, 0.1) is 5.56 Å². The summed E-state index contributed by atoms with van der Waals surface area (Å²) in [5.41, 5.74) is 1.11. The van der Waals surface area contributed by atoms with Crippen LogP contribution in [0.15, 0.2) is 79.0 Å². The number of rotatable bonds is 6. The zero-order chi connectivity index (χ0) is 24.0. The number of halogens is 3. The van der Waals surface area contributed by atoms with Crippen molar-refractivity contribution in [3.05, 3.63) is 90.1 Å². The molecule has 1 saturated carbocycles. The first kappa shape index (κ1) is 23.6. The lowest BCUT2D eigenvalue weighted by molar-refractivity contribution is -0.137. The zero-order valence-electron chi connectivity index (χ0n) is 18.6. The summed E-state index contributed by atoms with van der Waals surface area (Å²) in [7, 11) is 0. The van der Waals surface area contributed by atoms with Crippen LogP contribution in [0.4, 0.5) is 29.5 Å². The molecule has 1 aliphatic rings. The van der Waals surface area contributed by atoms with E-state index in [1.54, 1.807) is 0 Å². The largest absolute Gasteiger partial charge is 0.417 e. The van der Waals surface area contributed by atoms with E-state index in [4.69, 9.17) is 0 Å². The molecule has 1 heterocycles. The number of carbonyl (C=O) groups is 1. The Labute approximate surface area is 197 Å². The fourth-order valence-electron chi connectivity index (χ4n) is 4.28. The van der Waals surface area contributed by atoms with Crippen LogP contribution < -0.4 is 15.5 Å². The first-order valence-corrected chi connectivity index (χ1v) is 11.4. The van der Waals surface area contributed by atoms with E-state index in [9.17, 15) is 18.0 Å². The Morgan fingerprint density at radius 3 is 2.15 bits per heavy atom. The van der Waals surface area contributed by atoms with Crippen LogP contribution in [0, 0.1) is 0 Å². The fraction of sp³-hybridized carbons (Fsp3) is 0.308. The van der Waals surface area contributed by atoms with E-state index in [1.807, 2.05) is 65.6 Å². The number of hydrogen-bond acceptors (Lipinski definition) is 3. The summed E-state index contributed by atoms with van der Waals surface area (Å²) in [6, 6.07) is 21.7. The zero-order valence-corrected chi connectivity index (χ0v) is 18.6. The number of hydrogen-bond donors (Lipinski definition) is 2. The number of pyridine rings is 1. The fourth-order valence-corrected chi connectivity index (χ4v) is 4.28. The molecular formula is C26H27F3N4O. The predicted molar refractivity (Wildman–Crippen MR) is 127 cm³/mol. The van der Waals surface area contributed by atoms with Gasteiger partial charge in [0.1, 0.15) is 5.82 Å². The van der Waals surface area contributed by atoms with Gasteiger partial charge in [-0.1, -0.05) is 48.5 Å². The molecule has 1 aromatic heterocycles. The molecule has 2 amide bonds. The first-order valence-electron chi connectivity index (χ1n) is 11.4. The normalized spacial score (nSPS) is 18.2. The maximum atomic E-state index is 13.2. The molecular weight excluding hydrogens is 441 g/mol. The maximum absolute atomic E-state index is 13.2. The standard InChI is InChI=1S/C26H27F3N4O/c27-26(28,29)20-11-16-24(30-18-20)32-21-12-14-23(15-13-21)33(22-9-5-2-6-10-22)25(34)31-17-19-7-3-1-4-8-19/h1-11,16,18,21,23H,12-15,17H2,(H,30,32)(H,31,34). The Morgan fingerprint density at radius 1 is 0.912 bits per heavy atom. The van der Waals surface area contributed by atoms with Crippen molar-refractivity contribution in [2.24, 2.45) is 0 Å². The Balaban J connectivity index is 1.38. The molecule has 0 radical (unpaired) electrons. The van der Waals surface area contributed by atoms with Crippen molar-refractivity contribution in [3.63, 3.8) is 0 Å². The minimum absolute atomic E-state index is 0.0248. The van der Waals surface area contributed by atoms with Gasteiger partial charge in [-0.2, -0.15) is 13.2 Å². The molecule has 0 saturated heterocycles. The predicted octanol–water partition coefficient (Wildman–Crippen LogP) is 6.24. The third kappa shape index (κ3) is 6.07. The number of nitrogens with one attached hydrogen (secondary N) is 2. The van der Waals surface area contributed by atoms with E-state index < -0.39 is 11.7 Å². The summed E-state index contributed by atoms with van der Waals surface area (Å²) in [6.45, 7) is 0.444. The molecule has 0 spiro atoms. The van der Waals surface area contributed by atoms with E-state index in [0.29, 0.717) is 12.4 Å². The number of para-hydroxylation sites is 1. The van der Waals surface area contributed by atoms with Crippen LogP contribution in [0.1, 0.15) is 36.8 Å². The van der Waals surface area contributed by atoms with Crippen molar-refractivity contribution in [1.82, 2.24) is 10.3 Å². The molecule has 1 fully saturated rings. The Morgan fingerprint density at radius 2 is 1.56 bits per heavy atom. The van der Waals surface area contributed by atoms with Gasteiger partial charge in [-0.25, -0.2) is 9.78 Å². The lowest BCUT2D eigenvalue weighted by atomic mass is 9.90. The van der Waals surface area contributed by atoms with E-state index in [0.717, 1.165) is 49.2 Å². The number of urea groups is 1. The average molecular weight is 469 g/mol. The second-order valence-electron chi connectivity index (χ2n) is 8.43. The topological polar surface area (TPSA) is 57.3 Å². The van der Waals surface area contributed by atoms with Crippen molar-refractivity contribution in [3.8, 4) is 0 Å². The van der Waals surface area contributed by atoms with Crippen LogP contribution in [-0.4, -0.2) is 23.1 Å². The third-order valence-corrected chi connectivity index (χ3v) is 6.04. The summed E-state index contributed by atoms with van der Waals surface area (Å²) in [6.07, 6.45) is -0.447.